The first-order valence-corrected chi connectivity index (χ1v) is 5.09. The van der Waals surface area contributed by atoms with Gasteiger partial charge < -0.3 is 0 Å². The second-order valence-corrected chi connectivity index (χ2v) is 3.91. The van der Waals surface area contributed by atoms with E-state index in [2.05, 4.69) is 0 Å². The molecule has 0 saturated heterocycles. The maximum Gasteiger partial charge on any atom is 0.128 e. The van der Waals surface area contributed by atoms with E-state index in [0.29, 0.717) is 12.0 Å². The van der Waals surface area contributed by atoms with Crippen molar-refractivity contribution in [2.24, 2.45) is 0 Å². The van der Waals surface area contributed by atoms with Crippen LogP contribution in [-0.4, -0.2) is 0 Å². The summed E-state index contributed by atoms with van der Waals surface area (Å²) >= 11 is 5.93. The van der Waals surface area contributed by atoms with Crippen LogP contribution in [0, 0.1) is 18.6 Å². The minimum atomic E-state index is -0.435. The maximum atomic E-state index is 13.4. The summed E-state index contributed by atoms with van der Waals surface area (Å²) in [6.45, 7) is 3.49. The van der Waals surface area contributed by atoms with E-state index in [4.69, 9.17) is 11.6 Å². The standard InChI is InChI=1S/C11H13ClF2/c1-3-4-9(12)8-6-10(13)7(2)5-11(8)14/h5-6,9H,3-4H2,1-2H3. The molecule has 0 bridgehead atoms. The molecule has 1 aromatic carbocycles. The zero-order valence-electron chi connectivity index (χ0n) is 8.28. The lowest BCUT2D eigenvalue weighted by atomic mass is 10.0. The fourth-order valence-corrected chi connectivity index (χ4v) is 1.70. The predicted octanol–water partition coefficient (Wildman–Crippen LogP) is 4.35. The van der Waals surface area contributed by atoms with E-state index >= 15 is 0 Å². The molecule has 1 atom stereocenters. The normalized spacial score (nSPS) is 12.9. The molecule has 0 aliphatic rings. The summed E-state index contributed by atoms with van der Waals surface area (Å²) < 4.78 is 26.5. The summed E-state index contributed by atoms with van der Waals surface area (Å²) in [6, 6.07) is 2.38. The lowest BCUT2D eigenvalue weighted by molar-refractivity contribution is 0.571. The van der Waals surface area contributed by atoms with Crippen molar-refractivity contribution >= 4 is 11.6 Å². The maximum absolute atomic E-state index is 13.4. The minimum absolute atomic E-state index is 0.261. The second-order valence-electron chi connectivity index (χ2n) is 3.38. The fourth-order valence-electron chi connectivity index (χ4n) is 1.31. The van der Waals surface area contributed by atoms with Crippen LogP contribution < -0.4 is 0 Å². The Balaban J connectivity index is 3.02. The van der Waals surface area contributed by atoms with Gasteiger partial charge in [-0.1, -0.05) is 13.3 Å². The Morgan fingerprint density at radius 1 is 1.29 bits per heavy atom. The van der Waals surface area contributed by atoms with Gasteiger partial charge in [0.25, 0.3) is 0 Å². The highest BCUT2D eigenvalue weighted by Gasteiger charge is 2.14. The third-order valence-electron chi connectivity index (χ3n) is 2.16. The number of hydrogen-bond donors (Lipinski definition) is 0. The molecule has 0 saturated carbocycles. The van der Waals surface area contributed by atoms with Crippen LogP contribution in [-0.2, 0) is 0 Å². The average Bonchev–Trinajstić information content (AvgIpc) is 2.11. The van der Waals surface area contributed by atoms with Crippen LogP contribution in [0.5, 0.6) is 0 Å². The van der Waals surface area contributed by atoms with E-state index in [9.17, 15) is 8.78 Å². The molecule has 78 valence electrons. The molecule has 0 aliphatic heterocycles. The highest BCUT2D eigenvalue weighted by Crippen LogP contribution is 2.29. The quantitative estimate of drug-likeness (QED) is 0.662. The van der Waals surface area contributed by atoms with E-state index in [1.165, 1.54) is 19.1 Å². The highest BCUT2D eigenvalue weighted by molar-refractivity contribution is 6.20. The lowest BCUT2D eigenvalue weighted by Crippen LogP contribution is -1.97. The largest absolute Gasteiger partial charge is 0.207 e. The predicted molar refractivity (Wildman–Crippen MR) is 54.6 cm³/mol. The van der Waals surface area contributed by atoms with Crippen molar-refractivity contribution in [3.05, 3.63) is 34.9 Å². The van der Waals surface area contributed by atoms with Gasteiger partial charge in [0.1, 0.15) is 11.6 Å². The molecule has 0 nitrogen and oxygen atoms in total. The molecule has 0 spiro atoms. The Morgan fingerprint density at radius 2 is 1.93 bits per heavy atom. The smallest absolute Gasteiger partial charge is 0.128 e. The molecule has 0 aliphatic carbocycles. The Kier molecular flexibility index (Phi) is 3.87. The molecule has 1 aromatic rings. The van der Waals surface area contributed by atoms with Crippen molar-refractivity contribution in [3.8, 4) is 0 Å². The monoisotopic (exact) mass is 218 g/mol. The Bertz CT molecular complexity index is 323. The van der Waals surface area contributed by atoms with Crippen LogP contribution in [0.1, 0.15) is 36.3 Å². The molecule has 1 rings (SSSR count). The van der Waals surface area contributed by atoms with Crippen molar-refractivity contribution < 1.29 is 8.78 Å². The Hall–Kier alpha value is -0.630. The number of aryl methyl sites for hydroxylation is 1. The first-order valence-electron chi connectivity index (χ1n) is 4.65. The SMILES string of the molecule is CCCC(Cl)c1cc(F)c(C)cc1F. The zero-order valence-corrected chi connectivity index (χ0v) is 9.04. The fraction of sp³-hybridized carbons (Fsp3) is 0.455. The molecule has 0 N–H and O–H groups in total. The number of rotatable bonds is 3. The van der Waals surface area contributed by atoms with Crippen LogP contribution in [0.15, 0.2) is 12.1 Å². The van der Waals surface area contributed by atoms with Gasteiger partial charge in [-0.15, -0.1) is 11.6 Å². The first-order chi connectivity index (χ1) is 6.56. The van der Waals surface area contributed by atoms with Gasteiger partial charge in [0.15, 0.2) is 0 Å². The Morgan fingerprint density at radius 3 is 2.50 bits per heavy atom. The van der Waals surface area contributed by atoms with Crippen molar-refractivity contribution in [1.82, 2.24) is 0 Å². The number of hydrogen-bond acceptors (Lipinski definition) is 0. The van der Waals surface area contributed by atoms with Gasteiger partial charge in [-0.25, -0.2) is 8.78 Å². The van der Waals surface area contributed by atoms with E-state index < -0.39 is 17.0 Å². The summed E-state index contributed by atoms with van der Waals surface area (Å²) in [5, 5.41) is -0.435. The van der Waals surface area contributed by atoms with Crippen LogP contribution in [0.4, 0.5) is 8.78 Å². The molecule has 0 fully saturated rings. The second kappa shape index (κ2) is 4.74. The van der Waals surface area contributed by atoms with Gasteiger partial charge in [-0.2, -0.15) is 0 Å². The van der Waals surface area contributed by atoms with E-state index in [-0.39, 0.29) is 5.56 Å². The molecular formula is C11H13ClF2. The van der Waals surface area contributed by atoms with Crippen molar-refractivity contribution in [2.75, 3.05) is 0 Å². The molecule has 14 heavy (non-hydrogen) atoms. The van der Waals surface area contributed by atoms with Crippen LogP contribution >= 0.6 is 11.6 Å². The summed E-state index contributed by atoms with van der Waals surface area (Å²) in [6.07, 6.45) is 1.50. The van der Waals surface area contributed by atoms with Gasteiger partial charge in [0.2, 0.25) is 0 Å². The number of halogens is 3. The molecule has 0 radical (unpaired) electrons. The van der Waals surface area contributed by atoms with Crippen LogP contribution in [0.25, 0.3) is 0 Å². The van der Waals surface area contributed by atoms with Gasteiger partial charge in [0, 0.05) is 5.56 Å². The summed E-state index contributed by atoms with van der Waals surface area (Å²) in [5.41, 5.74) is 0.572. The molecule has 0 heterocycles. The zero-order chi connectivity index (χ0) is 10.7. The van der Waals surface area contributed by atoms with Crippen molar-refractivity contribution in [3.63, 3.8) is 0 Å². The highest BCUT2D eigenvalue weighted by atomic mass is 35.5. The van der Waals surface area contributed by atoms with Crippen LogP contribution in [0.3, 0.4) is 0 Å². The summed E-state index contributed by atoms with van der Waals surface area (Å²) in [5.74, 6) is -0.819. The number of benzene rings is 1. The van der Waals surface area contributed by atoms with Crippen molar-refractivity contribution in [2.45, 2.75) is 32.1 Å². The van der Waals surface area contributed by atoms with Crippen molar-refractivity contribution in [1.29, 1.82) is 0 Å². The van der Waals surface area contributed by atoms with Gasteiger partial charge in [-0.05, 0) is 31.0 Å². The molecule has 0 amide bonds. The van der Waals surface area contributed by atoms with E-state index in [1.54, 1.807) is 0 Å². The first kappa shape index (κ1) is 11.4. The molecule has 0 aromatic heterocycles. The molecule has 3 heteroatoms. The van der Waals surface area contributed by atoms with Crippen LogP contribution in [0.2, 0.25) is 0 Å². The summed E-state index contributed by atoms with van der Waals surface area (Å²) in [7, 11) is 0. The topological polar surface area (TPSA) is 0 Å². The van der Waals surface area contributed by atoms with Gasteiger partial charge >= 0.3 is 0 Å². The van der Waals surface area contributed by atoms with E-state index in [1.807, 2.05) is 6.92 Å². The lowest BCUT2D eigenvalue weighted by Gasteiger charge is -2.10. The van der Waals surface area contributed by atoms with Gasteiger partial charge in [-0.3, -0.25) is 0 Å². The molecule has 1 unspecified atom stereocenters. The minimum Gasteiger partial charge on any atom is -0.207 e. The average molecular weight is 219 g/mol. The summed E-state index contributed by atoms with van der Waals surface area (Å²) in [4.78, 5) is 0. The van der Waals surface area contributed by atoms with Gasteiger partial charge in [0.05, 0.1) is 5.38 Å². The third kappa shape index (κ3) is 2.44. The van der Waals surface area contributed by atoms with E-state index in [0.717, 1.165) is 6.42 Å². The number of alkyl halides is 1. The third-order valence-corrected chi connectivity index (χ3v) is 2.61. The Labute approximate surface area is 87.9 Å². The molecular weight excluding hydrogens is 206 g/mol.